The number of hydrogen-bond acceptors (Lipinski definition) is 3. The molecule has 2 heterocycles. The summed E-state index contributed by atoms with van der Waals surface area (Å²) in [5.41, 5.74) is 1.67. The van der Waals surface area contributed by atoms with E-state index in [2.05, 4.69) is 24.1 Å². The van der Waals surface area contributed by atoms with Gasteiger partial charge in [-0.3, -0.25) is 19.2 Å². The van der Waals surface area contributed by atoms with Crippen molar-refractivity contribution in [2.75, 3.05) is 18.4 Å². The Morgan fingerprint density at radius 2 is 1.74 bits per heavy atom. The van der Waals surface area contributed by atoms with Gasteiger partial charge >= 0.3 is 0 Å². The van der Waals surface area contributed by atoms with Gasteiger partial charge in [-0.1, -0.05) is 32.0 Å². The molecule has 1 aliphatic heterocycles. The Morgan fingerprint density at radius 3 is 2.33 bits per heavy atom. The predicted octanol–water partition coefficient (Wildman–Crippen LogP) is 2.79. The van der Waals surface area contributed by atoms with Crippen molar-refractivity contribution in [1.82, 2.24) is 14.3 Å². The fourth-order valence-corrected chi connectivity index (χ4v) is 4.13. The number of likely N-dealkylation sites (tertiary alicyclic amines) is 1. The maximum atomic E-state index is 13.0. The Hall–Kier alpha value is -2.34. The third-order valence-electron chi connectivity index (χ3n) is 5.63. The fourth-order valence-electron chi connectivity index (χ4n) is 4.13. The molecule has 146 valence electrons. The quantitative estimate of drug-likeness (QED) is 0.900. The fraction of sp³-hybridized carbons (Fsp3) is 0.524. The van der Waals surface area contributed by atoms with Gasteiger partial charge in [-0.05, 0) is 44.2 Å². The summed E-state index contributed by atoms with van der Waals surface area (Å²) in [6, 6.07) is 9.19. The molecule has 1 saturated heterocycles. The second kappa shape index (κ2) is 7.72. The normalized spacial score (nSPS) is 21.8. The van der Waals surface area contributed by atoms with Gasteiger partial charge in [0.25, 0.3) is 5.56 Å². The highest BCUT2D eigenvalue weighted by Crippen LogP contribution is 2.23. The molecule has 3 atom stereocenters. The van der Waals surface area contributed by atoms with Crippen molar-refractivity contribution in [3.05, 3.63) is 46.4 Å². The van der Waals surface area contributed by atoms with Gasteiger partial charge in [-0.15, -0.1) is 0 Å². The SMILES string of the molecule is Cc1c(NC(=O)[C@H](C)N2C[C@H](C)C[C@@H](C)C2)c(=O)n(-c2ccccc2)n1C. The molecule has 0 radical (unpaired) electrons. The molecule has 0 spiro atoms. The van der Waals surface area contributed by atoms with Gasteiger partial charge in [0.05, 0.1) is 17.4 Å². The monoisotopic (exact) mass is 370 g/mol. The minimum atomic E-state index is -0.264. The van der Waals surface area contributed by atoms with Crippen molar-refractivity contribution in [3.63, 3.8) is 0 Å². The van der Waals surface area contributed by atoms with E-state index in [0.29, 0.717) is 17.5 Å². The summed E-state index contributed by atoms with van der Waals surface area (Å²) < 4.78 is 3.36. The van der Waals surface area contributed by atoms with Crippen LogP contribution in [0.5, 0.6) is 0 Å². The van der Waals surface area contributed by atoms with Gasteiger partial charge in [0.1, 0.15) is 5.69 Å². The molecule has 6 heteroatoms. The highest BCUT2D eigenvalue weighted by atomic mass is 16.2. The molecule has 6 nitrogen and oxygen atoms in total. The number of benzene rings is 1. The van der Waals surface area contributed by atoms with Gasteiger partial charge in [0.15, 0.2) is 0 Å². The van der Waals surface area contributed by atoms with E-state index in [1.54, 1.807) is 9.36 Å². The van der Waals surface area contributed by atoms with E-state index in [1.807, 2.05) is 51.2 Å². The third-order valence-corrected chi connectivity index (χ3v) is 5.63. The number of amides is 1. The summed E-state index contributed by atoms with van der Waals surface area (Å²) >= 11 is 0. The van der Waals surface area contributed by atoms with Gasteiger partial charge in [0, 0.05) is 20.1 Å². The number of aromatic nitrogens is 2. The molecular formula is C21H30N4O2. The minimum absolute atomic E-state index is 0.123. The van der Waals surface area contributed by atoms with Crippen molar-refractivity contribution in [1.29, 1.82) is 0 Å². The molecule has 1 aromatic heterocycles. The number of carbonyl (C=O) groups is 1. The van der Waals surface area contributed by atoms with E-state index in [-0.39, 0.29) is 17.5 Å². The summed E-state index contributed by atoms with van der Waals surface area (Å²) in [6.07, 6.45) is 1.20. The number of nitrogens with one attached hydrogen (secondary N) is 1. The molecule has 27 heavy (non-hydrogen) atoms. The lowest BCUT2D eigenvalue weighted by molar-refractivity contribution is -0.121. The number of nitrogens with zero attached hydrogens (tertiary/aromatic N) is 3. The highest BCUT2D eigenvalue weighted by Gasteiger charge is 2.30. The van der Waals surface area contributed by atoms with Crippen LogP contribution in [-0.4, -0.2) is 39.3 Å². The van der Waals surface area contributed by atoms with E-state index in [4.69, 9.17) is 0 Å². The van der Waals surface area contributed by atoms with Crippen LogP contribution in [0.25, 0.3) is 5.69 Å². The largest absolute Gasteiger partial charge is 0.319 e. The van der Waals surface area contributed by atoms with Crippen LogP contribution < -0.4 is 10.9 Å². The second-order valence-corrected chi connectivity index (χ2v) is 8.00. The zero-order valence-electron chi connectivity index (χ0n) is 16.9. The Bertz CT molecular complexity index is 858. The summed E-state index contributed by atoms with van der Waals surface area (Å²) in [6.45, 7) is 10.1. The maximum absolute atomic E-state index is 13.0. The van der Waals surface area contributed by atoms with Crippen molar-refractivity contribution < 1.29 is 4.79 Å². The van der Waals surface area contributed by atoms with E-state index in [0.717, 1.165) is 24.5 Å². The highest BCUT2D eigenvalue weighted by molar-refractivity contribution is 5.95. The van der Waals surface area contributed by atoms with Crippen molar-refractivity contribution in [3.8, 4) is 5.69 Å². The van der Waals surface area contributed by atoms with Gasteiger partial charge < -0.3 is 5.32 Å². The zero-order valence-corrected chi connectivity index (χ0v) is 16.9. The van der Waals surface area contributed by atoms with Crippen LogP contribution in [0.2, 0.25) is 0 Å². The number of piperidine rings is 1. The van der Waals surface area contributed by atoms with Crippen LogP contribution in [0.4, 0.5) is 5.69 Å². The van der Waals surface area contributed by atoms with Crippen LogP contribution >= 0.6 is 0 Å². The zero-order chi connectivity index (χ0) is 19.7. The standard InChI is InChI=1S/C21H30N4O2/c1-14-11-15(2)13-24(12-14)17(4)20(26)22-19-16(3)23(5)25(21(19)27)18-9-7-6-8-10-18/h6-10,14-15,17H,11-13H2,1-5H3,(H,22,26)/t14-,15-,17+/m1/s1. The van der Waals surface area contributed by atoms with Crippen LogP contribution in [0, 0.1) is 18.8 Å². The summed E-state index contributed by atoms with van der Waals surface area (Å²) in [5, 5.41) is 2.90. The summed E-state index contributed by atoms with van der Waals surface area (Å²) in [5.74, 6) is 1.04. The molecule has 0 bridgehead atoms. The Labute approximate surface area is 160 Å². The molecule has 1 fully saturated rings. The number of carbonyl (C=O) groups excluding carboxylic acids is 1. The molecule has 1 aliphatic rings. The lowest BCUT2D eigenvalue weighted by Gasteiger charge is -2.38. The first kappa shape index (κ1) is 19.4. The number of anilines is 1. The molecule has 2 aromatic rings. The molecule has 1 N–H and O–H groups in total. The van der Waals surface area contributed by atoms with E-state index < -0.39 is 0 Å². The van der Waals surface area contributed by atoms with Crippen LogP contribution in [0.15, 0.2) is 35.1 Å². The van der Waals surface area contributed by atoms with Crippen LogP contribution in [-0.2, 0) is 11.8 Å². The second-order valence-electron chi connectivity index (χ2n) is 8.00. The molecule has 1 aromatic carbocycles. The average molecular weight is 370 g/mol. The van der Waals surface area contributed by atoms with Gasteiger partial charge in [0.2, 0.25) is 5.91 Å². The van der Waals surface area contributed by atoms with Gasteiger partial charge in [-0.25, -0.2) is 4.68 Å². The summed E-state index contributed by atoms with van der Waals surface area (Å²) in [4.78, 5) is 28.1. The Balaban J connectivity index is 1.83. The maximum Gasteiger partial charge on any atom is 0.295 e. The van der Waals surface area contributed by atoms with E-state index >= 15 is 0 Å². The molecule has 3 rings (SSSR count). The first-order valence-electron chi connectivity index (χ1n) is 9.68. The molecule has 0 saturated carbocycles. The minimum Gasteiger partial charge on any atom is -0.319 e. The van der Waals surface area contributed by atoms with Crippen molar-refractivity contribution in [2.45, 2.75) is 40.2 Å². The lowest BCUT2D eigenvalue weighted by Crippen LogP contribution is -2.49. The van der Waals surface area contributed by atoms with E-state index in [1.165, 1.54) is 6.42 Å². The molecule has 0 unspecified atom stereocenters. The van der Waals surface area contributed by atoms with Crippen molar-refractivity contribution >= 4 is 11.6 Å². The predicted molar refractivity (Wildman–Crippen MR) is 108 cm³/mol. The molecule has 1 amide bonds. The van der Waals surface area contributed by atoms with Gasteiger partial charge in [-0.2, -0.15) is 0 Å². The number of hydrogen-bond donors (Lipinski definition) is 1. The average Bonchev–Trinajstić information content (AvgIpc) is 2.84. The first-order chi connectivity index (χ1) is 12.8. The topological polar surface area (TPSA) is 59.3 Å². The third kappa shape index (κ3) is 3.86. The molecule has 0 aliphatic carbocycles. The first-order valence-corrected chi connectivity index (χ1v) is 9.68. The number of rotatable bonds is 4. The smallest absolute Gasteiger partial charge is 0.295 e. The van der Waals surface area contributed by atoms with E-state index in [9.17, 15) is 9.59 Å². The summed E-state index contributed by atoms with van der Waals surface area (Å²) in [7, 11) is 1.83. The van der Waals surface area contributed by atoms with Crippen molar-refractivity contribution in [2.24, 2.45) is 18.9 Å². The lowest BCUT2D eigenvalue weighted by atomic mass is 9.91. The number of para-hydroxylation sites is 1. The van der Waals surface area contributed by atoms with Crippen LogP contribution in [0.3, 0.4) is 0 Å². The Kier molecular flexibility index (Phi) is 5.56. The Morgan fingerprint density at radius 1 is 1.15 bits per heavy atom. The molecular weight excluding hydrogens is 340 g/mol. The van der Waals surface area contributed by atoms with Crippen LogP contribution in [0.1, 0.15) is 32.9 Å².